The zero-order chi connectivity index (χ0) is 17.6. The van der Waals surface area contributed by atoms with Crippen molar-refractivity contribution in [2.24, 2.45) is 5.92 Å². The van der Waals surface area contributed by atoms with Crippen LogP contribution in [0, 0.1) is 5.92 Å². The minimum absolute atomic E-state index is 0.203. The maximum Gasteiger partial charge on any atom is 0.227 e. The van der Waals surface area contributed by atoms with Crippen molar-refractivity contribution in [3.8, 4) is 11.3 Å². The molecule has 4 rings (SSSR count). The molecule has 3 heteroatoms. The number of para-hydroxylation sites is 1. The van der Waals surface area contributed by atoms with Gasteiger partial charge in [0.15, 0.2) is 0 Å². The van der Waals surface area contributed by atoms with E-state index in [0.717, 1.165) is 33.2 Å². The van der Waals surface area contributed by atoms with Gasteiger partial charge in [-0.25, -0.2) is 4.98 Å². The lowest BCUT2D eigenvalue weighted by Crippen LogP contribution is -2.02. The molecule has 0 bridgehead atoms. The molecule has 24 heavy (non-hydrogen) atoms. The summed E-state index contributed by atoms with van der Waals surface area (Å²) >= 11 is 0. The van der Waals surface area contributed by atoms with Crippen molar-refractivity contribution in [2.45, 2.75) is 26.7 Å². The third-order valence-corrected chi connectivity index (χ3v) is 4.63. The molecule has 0 saturated carbocycles. The van der Waals surface area contributed by atoms with E-state index in [9.17, 15) is 0 Å². The molecule has 120 valence electrons. The Hall–Kier alpha value is -2.68. The molecular formula is C21H20N2O. The molecule has 3 nitrogen and oxygen atoms in total. The van der Waals surface area contributed by atoms with Gasteiger partial charge in [-0.3, -0.25) is 4.98 Å². The average Bonchev–Trinajstić information content (AvgIpc) is 3.00. The second kappa shape index (κ2) is 5.75. The van der Waals surface area contributed by atoms with E-state index in [-0.39, 0.29) is 5.92 Å². The second-order valence-corrected chi connectivity index (χ2v) is 6.41. The smallest absolute Gasteiger partial charge is 0.227 e. The summed E-state index contributed by atoms with van der Waals surface area (Å²) in [6.45, 7) is 6.08. The van der Waals surface area contributed by atoms with Gasteiger partial charge in [-0.05, 0) is 47.7 Å². The van der Waals surface area contributed by atoms with Crippen LogP contribution in [0.4, 0.5) is 0 Å². The van der Waals surface area contributed by atoms with Gasteiger partial charge in [0, 0.05) is 30.1 Å². The number of benzene rings is 1. The molecule has 0 radical (unpaired) electrons. The zero-order valence-corrected chi connectivity index (χ0v) is 14.1. The van der Waals surface area contributed by atoms with E-state index in [4.69, 9.17) is 5.79 Å². The predicted molar refractivity (Wildman–Crippen MR) is 98.0 cm³/mol. The van der Waals surface area contributed by atoms with Crippen LogP contribution < -0.4 is 0 Å². The van der Waals surface area contributed by atoms with Gasteiger partial charge in [0.2, 0.25) is 5.71 Å². The highest BCUT2D eigenvalue weighted by Gasteiger charge is 2.15. The number of pyridine rings is 2. The Bertz CT molecular complexity index is 1070. The molecule has 1 unspecified atom stereocenters. The van der Waals surface area contributed by atoms with E-state index in [1.54, 1.807) is 12.4 Å². The van der Waals surface area contributed by atoms with E-state index in [1.165, 1.54) is 0 Å². The van der Waals surface area contributed by atoms with Gasteiger partial charge < -0.3 is 4.42 Å². The molecule has 0 amide bonds. The highest BCUT2D eigenvalue weighted by atomic mass is 16.3. The Labute approximate surface area is 142 Å². The summed E-state index contributed by atoms with van der Waals surface area (Å²) in [6.07, 6.45) is 3.51. The Morgan fingerprint density at radius 1 is 0.958 bits per heavy atom. The van der Waals surface area contributed by atoms with Crippen LogP contribution in [-0.2, 0) is 0 Å². The van der Waals surface area contributed by atoms with Crippen molar-refractivity contribution < 1.29 is 5.79 Å². The molecular weight excluding hydrogens is 296 g/mol. The number of aromatic nitrogens is 2. The first kappa shape index (κ1) is 13.7. The van der Waals surface area contributed by atoms with Crippen LogP contribution in [0.2, 0.25) is 0 Å². The lowest BCUT2D eigenvalue weighted by Gasteiger charge is -2.16. The fourth-order valence-electron chi connectivity index (χ4n) is 2.99. The van der Waals surface area contributed by atoms with Crippen LogP contribution in [0.1, 0.15) is 33.6 Å². The van der Waals surface area contributed by atoms with E-state index >= 15 is 0 Å². The zero-order valence-electron chi connectivity index (χ0n) is 15.1. The lowest BCUT2D eigenvalue weighted by atomic mass is 9.90. The molecule has 1 aromatic carbocycles. The van der Waals surface area contributed by atoms with Crippen molar-refractivity contribution in [1.29, 1.82) is 0 Å². The van der Waals surface area contributed by atoms with Crippen molar-refractivity contribution in [3.63, 3.8) is 0 Å². The molecule has 0 fully saturated rings. The van der Waals surface area contributed by atoms with Crippen LogP contribution in [0.3, 0.4) is 0 Å². The van der Waals surface area contributed by atoms with E-state index < -0.39 is 5.89 Å². The molecule has 0 N–H and O–H groups in total. The standard InChI is InChI=1S/C21H20N2O/c1-13(2)14(3)15-9-11-22-19(12-15)18-7-4-6-16-17-8-5-10-23-21(17)24-20(16)18/h4-14H,1-3H3/i14D. The fraction of sp³-hybridized carbons (Fsp3) is 0.238. The van der Waals surface area contributed by atoms with Crippen molar-refractivity contribution in [3.05, 3.63) is 60.4 Å². The summed E-state index contributed by atoms with van der Waals surface area (Å²) in [5.41, 5.74) is 4.13. The Balaban J connectivity index is 1.94. The third kappa shape index (κ3) is 2.37. The minimum atomic E-state index is -0.666. The summed E-state index contributed by atoms with van der Waals surface area (Å²) in [7, 11) is 0. The van der Waals surface area contributed by atoms with Crippen LogP contribution in [0.15, 0.2) is 59.3 Å². The predicted octanol–water partition coefficient (Wildman–Crippen LogP) is 5.80. The largest absolute Gasteiger partial charge is 0.437 e. The van der Waals surface area contributed by atoms with Gasteiger partial charge in [-0.15, -0.1) is 0 Å². The Kier molecular flexibility index (Phi) is 3.29. The summed E-state index contributed by atoms with van der Waals surface area (Å²) in [5.74, 6) is -0.463. The van der Waals surface area contributed by atoms with E-state index in [0.29, 0.717) is 5.71 Å². The molecule has 0 aliphatic heterocycles. The van der Waals surface area contributed by atoms with Gasteiger partial charge in [0.25, 0.3) is 0 Å². The SMILES string of the molecule is [2H]C(C)(c1ccnc(-c2cccc3c2oc2ncccc23)c1)C(C)C. The monoisotopic (exact) mass is 317 g/mol. The molecule has 4 aromatic rings. The van der Waals surface area contributed by atoms with Gasteiger partial charge >= 0.3 is 0 Å². The molecule has 1 atom stereocenters. The number of hydrogen-bond donors (Lipinski definition) is 0. The van der Waals surface area contributed by atoms with Crippen molar-refractivity contribution in [1.82, 2.24) is 9.97 Å². The normalized spacial score (nSPS) is 14.9. The Morgan fingerprint density at radius 3 is 2.62 bits per heavy atom. The molecule has 0 aliphatic rings. The van der Waals surface area contributed by atoms with Crippen molar-refractivity contribution >= 4 is 22.1 Å². The molecule has 0 saturated heterocycles. The highest BCUT2D eigenvalue weighted by Crippen LogP contribution is 2.35. The summed E-state index contributed by atoms with van der Waals surface area (Å²) in [5, 5.41) is 2.04. The molecule has 0 spiro atoms. The number of fused-ring (bicyclic) bond motifs is 3. The highest BCUT2D eigenvalue weighted by molar-refractivity contribution is 6.08. The first-order chi connectivity index (χ1) is 12.0. The van der Waals surface area contributed by atoms with Gasteiger partial charge in [0.05, 0.1) is 5.69 Å². The van der Waals surface area contributed by atoms with Gasteiger partial charge in [-0.2, -0.15) is 0 Å². The Morgan fingerprint density at radius 2 is 1.79 bits per heavy atom. The molecule has 3 heterocycles. The number of hydrogen-bond acceptors (Lipinski definition) is 3. The van der Waals surface area contributed by atoms with Crippen LogP contribution in [0.25, 0.3) is 33.3 Å². The van der Waals surface area contributed by atoms with Crippen LogP contribution in [-0.4, -0.2) is 9.97 Å². The second-order valence-electron chi connectivity index (χ2n) is 6.41. The van der Waals surface area contributed by atoms with Crippen molar-refractivity contribution in [2.75, 3.05) is 0 Å². The first-order valence-electron chi connectivity index (χ1n) is 8.71. The summed E-state index contributed by atoms with van der Waals surface area (Å²) in [6, 6.07) is 13.9. The lowest BCUT2D eigenvalue weighted by molar-refractivity contribution is 0.535. The molecule has 3 aromatic heterocycles. The maximum atomic E-state index is 8.67. The quantitative estimate of drug-likeness (QED) is 0.479. The van der Waals surface area contributed by atoms with Crippen LogP contribution in [0.5, 0.6) is 0 Å². The summed E-state index contributed by atoms with van der Waals surface area (Å²) in [4.78, 5) is 8.86. The van der Waals surface area contributed by atoms with Gasteiger partial charge in [0.1, 0.15) is 5.58 Å². The van der Waals surface area contributed by atoms with Crippen LogP contribution >= 0.6 is 0 Å². The van der Waals surface area contributed by atoms with E-state index in [1.807, 2.05) is 49.4 Å². The number of rotatable bonds is 3. The maximum absolute atomic E-state index is 8.67. The molecule has 0 aliphatic carbocycles. The van der Waals surface area contributed by atoms with E-state index in [2.05, 4.69) is 23.8 Å². The number of nitrogens with zero attached hydrogens (tertiary/aromatic N) is 2. The first-order valence-corrected chi connectivity index (χ1v) is 8.21. The minimum Gasteiger partial charge on any atom is -0.437 e. The third-order valence-electron chi connectivity index (χ3n) is 4.63. The topological polar surface area (TPSA) is 38.9 Å². The fourth-order valence-corrected chi connectivity index (χ4v) is 2.99. The van der Waals surface area contributed by atoms with Gasteiger partial charge in [-0.1, -0.05) is 32.9 Å². The average molecular weight is 317 g/mol. The number of furan rings is 1. The summed E-state index contributed by atoms with van der Waals surface area (Å²) < 4.78 is 14.7.